The molecule has 2 N–H and O–H groups in total. The Morgan fingerprint density at radius 1 is 1.05 bits per heavy atom. The van der Waals surface area contributed by atoms with Crippen molar-refractivity contribution in [1.82, 2.24) is 5.32 Å². The predicted octanol–water partition coefficient (Wildman–Crippen LogP) is 3.29. The predicted molar refractivity (Wildman–Crippen MR) is 87.3 cm³/mol. The molecule has 110 valence electrons. The highest BCUT2D eigenvalue weighted by Gasteiger charge is 2.02. The second-order valence-corrected chi connectivity index (χ2v) is 5.19. The third-order valence-electron chi connectivity index (χ3n) is 3.35. The maximum absolute atomic E-state index is 11.8. The first-order valence-electron chi connectivity index (χ1n) is 7.32. The molecule has 0 fully saturated rings. The molecule has 0 spiro atoms. The van der Waals surface area contributed by atoms with Gasteiger partial charge in [-0.15, -0.1) is 0 Å². The summed E-state index contributed by atoms with van der Waals surface area (Å²) in [5.41, 5.74) is 4.50. The Morgan fingerprint density at radius 3 is 2.43 bits per heavy atom. The monoisotopic (exact) mass is 282 g/mol. The third kappa shape index (κ3) is 5.04. The first kappa shape index (κ1) is 15.3. The van der Waals surface area contributed by atoms with Crippen LogP contribution in [-0.2, 0) is 17.8 Å². The molecule has 0 bridgehead atoms. The smallest absolute Gasteiger partial charge is 0.238 e. The van der Waals surface area contributed by atoms with Crippen LogP contribution in [0.4, 0.5) is 5.69 Å². The Morgan fingerprint density at radius 2 is 1.76 bits per heavy atom. The number of amides is 1. The molecule has 0 unspecified atom stereocenters. The van der Waals surface area contributed by atoms with Crippen molar-refractivity contribution in [2.75, 3.05) is 11.9 Å². The quantitative estimate of drug-likeness (QED) is 0.853. The van der Waals surface area contributed by atoms with E-state index >= 15 is 0 Å². The molecule has 0 saturated carbocycles. The Bertz CT molecular complexity index is 590. The summed E-state index contributed by atoms with van der Waals surface area (Å²) < 4.78 is 0. The molecule has 0 aromatic heterocycles. The van der Waals surface area contributed by atoms with E-state index in [-0.39, 0.29) is 5.91 Å². The van der Waals surface area contributed by atoms with Gasteiger partial charge in [0.2, 0.25) is 5.91 Å². The van der Waals surface area contributed by atoms with Crippen LogP contribution in [0.25, 0.3) is 0 Å². The summed E-state index contributed by atoms with van der Waals surface area (Å²) >= 11 is 0. The number of benzene rings is 2. The van der Waals surface area contributed by atoms with Gasteiger partial charge < -0.3 is 10.6 Å². The van der Waals surface area contributed by atoms with E-state index in [9.17, 15) is 4.79 Å². The van der Waals surface area contributed by atoms with Crippen molar-refractivity contribution < 1.29 is 4.79 Å². The van der Waals surface area contributed by atoms with Crippen LogP contribution < -0.4 is 10.6 Å². The highest BCUT2D eigenvalue weighted by molar-refractivity contribution is 5.92. The van der Waals surface area contributed by atoms with E-state index < -0.39 is 0 Å². The van der Waals surface area contributed by atoms with E-state index in [1.54, 1.807) is 0 Å². The standard InChI is InChI=1S/C18H22N2O/c1-3-15-7-9-16(10-8-15)12-19-13-18(21)20-17-6-4-5-14(2)11-17/h4-11,19H,3,12-13H2,1-2H3,(H,20,21). The largest absolute Gasteiger partial charge is 0.325 e. The molecule has 0 aliphatic rings. The van der Waals surface area contributed by atoms with Gasteiger partial charge in [-0.1, -0.05) is 43.3 Å². The summed E-state index contributed by atoms with van der Waals surface area (Å²) in [5, 5.41) is 6.05. The summed E-state index contributed by atoms with van der Waals surface area (Å²) in [6.45, 7) is 5.16. The molecular formula is C18H22N2O. The summed E-state index contributed by atoms with van der Waals surface area (Å²) in [7, 11) is 0. The fourth-order valence-corrected chi connectivity index (χ4v) is 2.14. The normalized spacial score (nSPS) is 10.4. The number of anilines is 1. The molecule has 2 aromatic carbocycles. The number of carbonyl (C=O) groups is 1. The zero-order chi connectivity index (χ0) is 15.1. The van der Waals surface area contributed by atoms with Gasteiger partial charge in [-0.05, 0) is 42.2 Å². The van der Waals surface area contributed by atoms with Crippen LogP contribution in [0.5, 0.6) is 0 Å². The average Bonchev–Trinajstić information content (AvgIpc) is 2.48. The van der Waals surface area contributed by atoms with Gasteiger partial charge >= 0.3 is 0 Å². The molecule has 2 rings (SSSR count). The number of nitrogens with one attached hydrogen (secondary N) is 2. The highest BCUT2D eigenvalue weighted by atomic mass is 16.1. The van der Waals surface area contributed by atoms with Crippen molar-refractivity contribution in [2.45, 2.75) is 26.8 Å². The molecular weight excluding hydrogens is 260 g/mol. The van der Waals surface area contributed by atoms with E-state index in [4.69, 9.17) is 0 Å². The van der Waals surface area contributed by atoms with Crippen LogP contribution in [-0.4, -0.2) is 12.5 Å². The molecule has 0 aliphatic heterocycles. The SMILES string of the molecule is CCc1ccc(CNCC(=O)Nc2cccc(C)c2)cc1. The zero-order valence-corrected chi connectivity index (χ0v) is 12.6. The number of hydrogen-bond donors (Lipinski definition) is 2. The number of rotatable bonds is 6. The minimum Gasteiger partial charge on any atom is -0.325 e. The van der Waals surface area contributed by atoms with E-state index in [1.165, 1.54) is 11.1 Å². The lowest BCUT2D eigenvalue weighted by molar-refractivity contribution is -0.115. The lowest BCUT2D eigenvalue weighted by Gasteiger charge is -2.08. The Labute approximate surface area is 126 Å². The number of carbonyl (C=O) groups excluding carboxylic acids is 1. The van der Waals surface area contributed by atoms with Gasteiger partial charge in [0, 0.05) is 12.2 Å². The molecule has 0 saturated heterocycles. The van der Waals surface area contributed by atoms with Gasteiger partial charge in [-0.3, -0.25) is 4.79 Å². The Hall–Kier alpha value is -2.13. The van der Waals surface area contributed by atoms with E-state index in [1.807, 2.05) is 31.2 Å². The fraction of sp³-hybridized carbons (Fsp3) is 0.278. The van der Waals surface area contributed by atoms with Gasteiger partial charge in [-0.2, -0.15) is 0 Å². The van der Waals surface area contributed by atoms with Crippen LogP contribution in [0.1, 0.15) is 23.6 Å². The van der Waals surface area contributed by atoms with Gasteiger partial charge in [0.25, 0.3) is 0 Å². The molecule has 0 heterocycles. The van der Waals surface area contributed by atoms with Crippen molar-refractivity contribution in [3.05, 3.63) is 65.2 Å². The molecule has 0 atom stereocenters. The van der Waals surface area contributed by atoms with E-state index in [2.05, 4.69) is 41.8 Å². The lowest BCUT2D eigenvalue weighted by atomic mass is 10.1. The van der Waals surface area contributed by atoms with Crippen molar-refractivity contribution in [1.29, 1.82) is 0 Å². The highest BCUT2D eigenvalue weighted by Crippen LogP contribution is 2.09. The summed E-state index contributed by atoms with van der Waals surface area (Å²) in [4.78, 5) is 11.8. The van der Waals surface area contributed by atoms with Crippen LogP contribution in [0, 0.1) is 6.92 Å². The van der Waals surface area contributed by atoms with Gasteiger partial charge in [0.15, 0.2) is 0 Å². The summed E-state index contributed by atoms with van der Waals surface area (Å²) in [6.07, 6.45) is 1.05. The average molecular weight is 282 g/mol. The summed E-state index contributed by atoms with van der Waals surface area (Å²) in [6, 6.07) is 16.3. The van der Waals surface area contributed by atoms with Crippen molar-refractivity contribution >= 4 is 11.6 Å². The fourth-order valence-electron chi connectivity index (χ4n) is 2.14. The second-order valence-electron chi connectivity index (χ2n) is 5.19. The number of aryl methyl sites for hydroxylation is 2. The minimum absolute atomic E-state index is 0.0224. The first-order chi connectivity index (χ1) is 10.2. The molecule has 2 aromatic rings. The lowest BCUT2D eigenvalue weighted by Crippen LogP contribution is -2.27. The number of hydrogen-bond acceptors (Lipinski definition) is 2. The van der Waals surface area contributed by atoms with Crippen LogP contribution in [0.3, 0.4) is 0 Å². The first-order valence-corrected chi connectivity index (χ1v) is 7.32. The van der Waals surface area contributed by atoms with Gasteiger partial charge in [-0.25, -0.2) is 0 Å². The van der Waals surface area contributed by atoms with Gasteiger partial charge in [0.05, 0.1) is 6.54 Å². The molecule has 3 nitrogen and oxygen atoms in total. The van der Waals surface area contributed by atoms with Crippen LogP contribution >= 0.6 is 0 Å². The topological polar surface area (TPSA) is 41.1 Å². The van der Waals surface area contributed by atoms with Gasteiger partial charge in [0.1, 0.15) is 0 Å². The summed E-state index contributed by atoms with van der Waals surface area (Å²) in [5.74, 6) is -0.0224. The second kappa shape index (κ2) is 7.60. The molecule has 0 aliphatic carbocycles. The van der Waals surface area contributed by atoms with Crippen LogP contribution in [0.15, 0.2) is 48.5 Å². The van der Waals surface area contributed by atoms with E-state index in [0.29, 0.717) is 13.1 Å². The van der Waals surface area contributed by atoms with Crippen molar-refractivity contribution in [3.8, 4) is 0 Å². The molecule has 0 radical (unpaired) electrons. The molecule has 1 amide bonds. The molecule has 21 heavy (non-hydrogen) atoms. The Kier molecular flexibility index (Phi) is 5.52. The van der Waals surface area contributed by atoms with Crippen LogP contribution in [0.2, 0.25) is 0 Å². The molecule has 3 heteroatoms. The Balaban J connectivity index is 1.76. The van der Waals surface area contributed by atoms with E-state index in [0.717, 1.165) is 17.7 Å². The minimum atomic E-state index is -0.0224. The zero-order valence-electron chi connectivity index (χ0n) is 12.6. The van der Waals surface area contributed by atoms with Crippen molar-refractivity contribution in [2.24, 2.45) is 0 Å². The maximum Gasteiger partial charge on any atom is 0.238 e. The maximum atomic E-state index is 11.8. The van der Waals surface area contributed by atoms with Crippen molar-refractivity contribution in [3.63, 3.8) is 0 Å². The third-order valence-corrected chi connectivity index (χ3v) is 3.35.